The van der Waals surface area contributed by atoms with Crippen molar-refractivity contribution in [3.63, 3.8) is 0 Å². The fourth-order valence-corrected chi connectivity index (χ4v) is 4.58. The first-order valence-corrected chi connectivity index (χ1v) is 8.41. The van der Waals surface area contributed by atoms with Crippen LogP contribution in [0, 0.1) is 0 Å². The van der Waals surface area contributed by atoms with E-state index >= 15 is 0 Å². The summed E-state index contributed by atoms with van der Waals surface area (Å²) in [5, 5.41) is 1.59. The molecule has 1 nitrogen and oxygen atoms in total. The molecule has 1 aromatic carbocycles. The van der Waals surface area contributed by atoms with E-state index < -0.39 is 0 Å². The predicted octanol–water partition coefficient (Wildman–Crippen LogP) is 5.27. The molecule has 0 bridgehead atoms. The molecule has 106 valence electrons. The molecule has 0 unspecified atom stereocenters. The maximum absolute atomic E-state index is 3.69. The molecule has 2 aliphatic rings. The molecule has 4 rings (SSSR count). The quantitative estimate of drug-likeness (QED) is 0.678. The second-order valence-corrected chi connectivity index (χ2v) is 7.14. The first kappa shape index (κ1) is 12.5. The van der Waals surface area contributed by atoms with Crippen LogP contribution in [0.3, 0.4) is 0 Å². The van der Waals surface area contributed by atoms with Crippen LogP contribution in [0.25, 0.3) is 10.9 Å². The highest BCUT2D eigenvalue weighted by Gasteiger charge is 2.31. The number of benzene rings is 1. The number of nitrogens with one attached hydrogen (secondary N) is 1. The van der Waals surface area contributed by atoms with Crippen molar-refractivity contribution in [1.29, 1.82) is 0 Å². The molecular formula is C19H25N. The van der Waals surface area contributed by atoms with Crippen molar-refractivity contribution >= 4 is 10.9 Å². The second kappa shape index (κ2) is 4.65. The lowest BCUT2D eigenvalue weighted by atomic mass is 9.74. The summed E-state index contributed by atoms with van der Waals surface area (Å²) in [6.07, 6.45) is 12.3. The van der Waals surface area contributed by atoms with Gasteiger partial charge in [0, 0.05) is 16.6 Å². The van der Waals surface area contributed by atoms with Gasteiger partial charge in [-0.2, -0.15) is 0 Å². The minimum Gasteiger partial charge on any atom is -0.358 e. The molecule has 1 aromatic heterocycles. The third-order valence-electron chi connectivity index (χ3n) is 5.73. The van der Waals surface area contributed by atoms with Gasteiger partial charge < -0.3 is 4.98 Å². The number of aromatic nitrogens is 1. The molecule has 2 aliphatic carbocycles. The van der Waals surface area contributed by atoms with Crippen molar-refractivity contribution in [2.24, 2.45) is 0 Å². The van der Waals surface area contributed by atoms with Crippen LogP contribution < -0.4 is 0 Å². The van der Waals surface area contributed by atoms with Crippen LogP contribution in [0.5, 0.6) is 0 Å². The summed E-state index contributed by atoms with van der Waals surface area (Å²) in [5.74, 6) is 0. The zero-order valence-electron chi connectivity index (χ0n) is 12.6. The van der Waals surface area contributed by atoms with Gasteiger partial charge in [0.05, 0.1) is 0 Å². The summed E-state index contributed by atoms with van der Waals surface area (Å²) in [5.41, 5.74) is 6.58. The summed E-state index contributed by atoms with van der Waals surface area (Å²) < 4.78 is 0. The largest absolute Gasteiger partial charge is 0.358 e. The molecule has 1 fully saturated rings. The van der Waals surface area contributed by atoms with Gasteiger partial charge in [0.25, 0.3) is 0 Å². The van der Waals surface area contributed by atoms with Crippen LogP contribution in [-0.4, -0.2) is 4.98 Å². The Kier molecular flexibility index (Phi) is 2.90. The Morgan fingerprint density at radius 1 is 0.950 bits per heavy atom. The van der Waals surface area contributed by atoms with E-state index in [2.05, 4.69) is 30.1 Å². The van der Waals surface area contributed by atoms with Gasteiger partial charge >= 0.3 is 0 Å². The summed E-state index contributed by atoms with van der Waals surface area (Å²) in [6.45, 7) is 2.52. The van der Waals surface area contributed by atoms with E-state index in [0.29, 0.717) is 5.41 Å². The average Bonchev–Trinajstić information content (AvgIpc) is 2.95. The monoisotopic (exact) mass is 267 g/mol. The van der Waals surface area contributed by atoms with Gasteiger partial charge in [-0.1, -0.05) is 44.7 Å². The molecule has 1 heterocycles. The van der Waals surface area contributed by atoms with Crippen LogP contribution in [-0.2, 0) is 18.3 Å². The number of aromatic amines is 1. The maximum atomic E-state index is 3.69. The van der Waals surface area contributed by atoms with Crippen molar-refractivity contribution in [3.05, 3.63) is 35.0 Å². The van der Waals surface area contributed by atoms with Gasteiger partial charge in [0.2, 0.25) is 0 Å². The number of hydrogen-bond donors (Lipinski definition) is 1. The number of rotatable bonds is 1. The van der Waals surface area contributed by atoms with Crippen molar-refractivity contribution in [2.45, 2.75) is 70.1 Å². The van der Waals surface area contributed by atoms with Gasteiger partial charge in [0.1, 0.15) is 0 Å². The summed E-state index contributed by atoms with van der Waals surface area (Å²) in [6, 6.07) is 6.96. The van der Waals surface area contributed by atoms with E-state index in [0.717, 1.165) is 0 Å². The summed E-state index contributed by atoms with van der Waals surface area (Å²) >= 11 is 0. The van der Waals surface area contributed by atoms with Gasteiger partial charge in [0.15, 0.2) is 0 Å². The van der Waals surface area contributed by atoms with Gasteiger partial charge in [-0.3, -0.25) is 0 Å². The van der Waals surface area contributed by atoms with Crippen LogP contribution in [0.4, 0.5) is 0 Å². The van der Waals surface area contributed by atoms with Gasteiger partial charge in [-0.15, -0.1) is 0 Å². The predicted molar refractivity (Wildman–Crippen MR) is 85.4 cm³/mol. The standard InChI is InChI=1S/C19H25N/c1-19(12-4-2-3-5-13-19)15-9-7-11-17-18(15)14-8-6-10-16(14)20-17/h7,9,11,20H,2-6,8,10,12-13H2,1H3. The molecule has 0 saturated heterocycles. The molecule has 1 heteroatoms. The Hall–Kier alpha value is -1.24. The lowest BCUT2D eigenvalue weighted by Gasteiger charge is -2.30. The number of aryl methyl sites for hydroxylation is 2. The highest BCUT2D eigenvalue weighted by atomic mass is 14.7. The smallest absolute Gasteiger partial charge is 0.0461 e. The molecule has 1 N–H and O–H groups in total. The molecule has 0 aliphatic heterocycles. The molecule has 20 heavy (non-hydrogen) atoms. The Bertz CT molecular complexity index is 626. The Morgan fingerprint density at radius 3 is 2.55 bits per heavy atom. The lowest BCUT2D eigenvalue weighted by Crippen LogP contribution is -2.21. The molecular weight excluding hydrogens is 242 g/mol. The van der Waals surface area contributed by atoms with E-state index in [9.17, 15) is 0 Å². The van der Waals surface area contributed by atoms with Gasteiger partial charge in [-0.05, 0) is 54.7 Å². The number of hydrogen-bond acceptors (Lipinski definition) is 0. The van der Waals surface area contributed by atoms with E-state index in [-0.39, 0.29) is 0 Å². The Balaban J connectivity index is 1.90. The molecule has 0 radical (unpaired) electrons. The summed E-state index contributed by atoms with van der Waals surface area (Å²) in [7, 11) is 0. The van der Waals surface area contributed by atoms with Gasteiger partial charge in [-0.25, -0.2) is 0 Å². The minimum absolute atomic E-state index is 0.397. The average molecular weight is 267 g/mol. The molecule has 0 atom stereocenters. The fraction of sp³-hybridized carbons (Fsp3) is 0.579. The fourth-order valence-electron chi connectivity index (χ4n) is 4.58. The van der Waals surface area contributed by atoms with Crippen molar-refractivity contribution < 1.29 is 0 Å². The first-order valence-electron chi connectivity index (χ1n) is 8.41. The molecule has 2 aromatic rings. The van der Waals surface area contributed by atoms with Crippen molar-refractivity contribution in [3.8, 4) is 0 Å². The van der Waals surface area contributed by atoms with Crippen LogP contribution in [0.15, 0.2) is 18.2 Å². The first-order chi connectivity index (χ1) is 9.78. The zero-order valence-corrected chi connectivity index (χ0v) is 12.6. The van der Waals surface area contributed by atoms with Crippen LogP contribution in [0.1, 0.15) is 68.7 Å². The maximum Gasteiger partial charge on any atom is 0.0461 e. The SMILES string of the molecule is CC1(c2cccc3[nH]c4c(c23)CCC4)CCCCCC1. The van der Waals surface area contributed by atoms with Crippen molar-refractivity contribution in [1.82, 2.24) is 4.98 Å². The second-order valence-electron chi connectivity index (χ2n) is 7.14. The van der Waals surface area contributed by atoms with E-state index in [1.807, 2.05) is 0 Å². The molecule has 1 saturated carbocycles. The minimum atomic E-state index is 0.397. The lowest BCUT2D eigenvalue weighted by molar-refractivity contribution is 0.412. The van der Waals surface area contributed by atoms with E-state index in [1.165, 1.54) is 69.0 Å². The number of fused-ring (bicyclic) bond motifs is 3. The highest BCUT2D eigenvalue weighted by molar-refractivity contribution is 5.89. The Labute approximate surface area is 121 Å². The Morgan fingerprint density at radius 2 is 1.75 bits per heavy atom. The van der Waals surface area contributed by atoms with Crippen LogP contribution >= 0.6 is 0 Å². The topological polar surface area (TPSA) is 15.8 Å². The third-order valence-corrected chi connectivity index (χ3v) is 5.73. The van der Waals surface area contributed by atoms with Crippen molar-refractivity contribution in [2.75, 3.05) is 0 Å². The van der Waals surface area contributed by atoms with E-state index in [4.69, 9.17) is 0 Å². The van der Waals surface area contributed by atoms with E-state index in [1.54, 1.807) is 16.5 Å². The number of H-pyrrole nitrogens is 1. The summed E-state index contributed by atoms with van der Waals surface area (Å²) in [4.78, 5) is 3.69. The molecule has 0 spiro atoms. The molecule has 0 amide bonds. The zero-order chi connectivity index (χ0) is 13.6. The van der Waals surface area contributed by atoms with Crippen LogP contribution in [0.2, 0.25) is 0 Å². The third kappa shape index (κ3) is 1.82. The normalized spacial score (nSPS) is 21.9. The highest BCUT2D eigenvalue weighted by Crippen LogP contribution is 2.43.